The number of aliphatic hydroxyl groups is 1. The number of amides is 1. The van der Waals surface area contributed by atoms with E-state index in [1.807, 2.05) is 27.7 Å². The zero-order chi connectivity index (χ0) is 21.5. The first kappa shape index (κ1) is 32.2. The highest BCUT2D eigenvalue weighted by molar-refractivity contribution is 8.13. The number of nitrogens with one attached hydrogen (secondary N) is 2. The van der Waals surface area contributed by atoms with E-state index in [1.54, 1.807) is 13.3 Å². The number of aliphatic hydroxyl groups excluding tert-OH is 1. The minimum absolute atomic E-state index is 0.00916. The molecule has 0 aliphatic carbocycles. The summed E-state index contributed by atoms with van der Waals surface area (Å²) in [5.74, 6) is -0.766. The molecule has 0 aromatic rings. The second-order valence-corrected chi connectivity index (χ2v) is 4.97. The highest BCUT2D eigenvalue weighted by atomic mass is 32.2. The molecule has 156 valence electrons. The molecule has 0 fully saturated rings. The van der Waals surface area contributed by atoms with Crippen LogP contribution in [-0.4, -0.2) is 67.5 Å². The molecular weight excluding hydrogens is 360 g/mol. The van der Waals surface area contributed by atoms with Crippen LogP contribution in [0.1, 0.15) is 47.5 Å². The predicted molar refractivity (Wildman–Crippen MR) is 106 cm³/mol. The highest BCUT2D eigenvalue weighted by Crippen LogP contribution is 1.98. The number of methoxy groups -OCH3 is 1. The summed E-state index contributed by atoms with van der Waals surface area (Å²) in [5, 5.41) is 13.0. The smallest absolute Gasteiger partial charge is 0.305 e. The third kappa shape index (κ3) is 24.8. The molecule has 1 unspecified atom stereocenters. The van der Waals surface area contributed by atoms with Gasteiger partial charge in [-0.05, 0) is 26.6 Å². The van der Waals surface area contributed by atoms with E-state index < -0.39 is 6.04 Å². The number of rotatable bonds is 8. The van der Waals surface area contributed by atoms with Crippen LogP contribution in [0.2, 0.25) is 0 Å². The number of Topliss-reactive ketones (excluding diaryl/α,β-unsaturated/α-hetero) is 1. The lowest BCUT2D eigenvalue weighted by Crippen LogP contribution is -2.44. The van der Waals surface area contributed by atoms with Gasteiger partial charge in [-0.25, -0.2) is 0 Å². The van der Waals surface area contributed by atoms with E-state index >= 15 is 0 Å². The lowest BCUT2D eigenvalue weighted by atomic mass is 10.1. The molecule has 0 bridgehead atoms. The van der Waals surface area contributed by atoms with E-state index in [4.69, 9.17) is 5.11 Å². The molecule has 26 heavy (non-hydrogen) atoms. The molecule has 0 rings (SSSR count). The normalized spacial score (nSPS) is 9.58. The van der Waals surface area contributed by atoms with Crippen molar-refractivity contribution < 1.29 is 29.0 Å². The summed E-state index contributed by atoms with van der Waals surface area (Å²) >= 11 is 1.04. The second-order valence-electron chi connectivity index (χ2n) is 4.11. The molecule has 8 nitrogen and oxygen atoms in total. The molecular formula is C17H36N2O6S. The van der Waals surface area contributed by atoms with Crippen LogP contribution in [0.3, 0.4) is 0 Å². The van der Waals surface area contributed by atoms with E-state index in [0.29, 0.717) is 6.42 Å². The topological polar surface area (TPSA) is 122 Å². The van der Waals surface area contributed by atoms with Crippen molar-refractivity contribution in [3.05, 3.63) is 0 Å². The molecule has 0 aromatic carbocycles. The Bertz CT molecular complexity index is 372. The SMILES string of the molecule is CC.CC.CNC(CCC(=O)OC)C(=O)NCC(C)=O.CSC(=O)CO. The summed E-state index contributed by atoms with van der Waals surface area (Å²) in [6, 6.07) is -0.488. The van der Waals surface area contributed by atoms with E-state index in [0.717, 1.165) is 11.8 Å². The quantitative estimate of drug-likeness (QED) is 0.522. The average molecular weight is 397 g/mol. The van der Waals surface area contributed by atoms with Gasteiger partial charge >= 0.3 is 5.97 Å². The van der Waals surface area contributed by atoms with Crippen molar-refractivity contribution in [1.29, 1.82) is 0 Å². The first-order chi connectivity index (χ1) is 12.3. The maximum atomic E-state index is 11.5. The Labute approximate surface area is 161 Å². The Morgan fingerprint density at radius 2 is 1.62 bits per heavy atom. The van der Waals surface area contributed by atoms with Crippen LogP contribution in [-0.2, 0) is 23.9 Å². The molecule has 0 spiro atoms. The highest BCUT2D eigenvalue weighted by Gasteiger charge is 2.17. The van der Waals surface area contributed by atoms with Crippen molar-refractivity contribution in [3.8, 4) is 0 Å². The minimum atomic E-state index is -0.488. The van der Waals surface area contributed by atoms with E-state index in [9.17, 15) is 19.2 Å². The number of ketones is 1. The minimum Gasteiger partial charge on any atom is -0.469 e. The predicted octanol–water partition coefficient (Wildman–Crippen LogP) is 1.15. The fourth-order valence-electron chi connectivity index (χ4n) is 1.17. The van der Waals surface area contributed by atoms with Gasteiger partial charge in [-0.1, -0.05) is 39.5 Å². The summed E-state index contributed by atoms with van der Waals surface area (Å²) in [6.07, 6.45) is 2.14. The Hall–Kier alpha value is -1.45. The third-order valence-corrected chi connectivity index (χ3v) is 2.98. The number of esters is 1. The van der Waals surface area contributed by atoms with Gasteiger partial charge in [0.2, 0.25) is 11.0 Å². The summed E-state index contributed by atoms with van der Waals surface area (Å²) in [6.45, 7) is 9.06. The Kier molecular flexibility index (Phi) is 32.0. The van der Waals surface area contributed by atoms with Crippen molar-refractivity contribution in [3.63, 3.8) is 0 Å². The summed E-state index contributed by atoms with van der Waals surface area (Å²) in [7, 11) is 2.92. The first-order valence-corrected chi connectivity index (χ1v) is 9.73. The van der Waals surface area contributed by atoms with Crippen molar-refractivity contribution in [2.75, 3.05) is 33.6 Å². The number of thioether (sulfide) groups is 1. The van der Waals surface area contributed by atoms with E-state index in [1.165, 1.54) is 14.0 Å². The number of hydrogen-bond donors (Lipinski definition) is 3. The van der Waals surface area contributed by atoms with Crippen LogP contribution in [0.4, 0.5) is 0 Å². The molecule has 3 N–H and O–H groups in total. The van der Waals surface area contributed by atoms with Gasteiger partial charge in [-0.2, -0.15) is 0 Å². The second kappa shape index (κ2) is 25.8. The van der Waals surface area contributed by atoms with Gasteiger partial charge in [-0.3, -0.25) is 19.2 Å². The Balaban J connectivity index is -0.000000202. The van der Waals surface area contributed by atoms with E-state index in [-0.39, 0.29) is 42.3 Å². The molecule has 0 radical (unpaired) electrons. The maximum absolute atomic E-state index is 11.5. The van der Waals surface area contributed by atoms with Crippen LogP contribution < -0.4 is 10.6 Å². The van der Waals surface area contributed by atoms with Crippen molar-refractivity contribution in [1.82, 2.24) is 10.6 Å². The lowest BCUT2D eigenvalue weighted by Gasteiger charge is -2.14. The van der Waals surface area contributed by atoms with Crippen LogP contribution in [0.5, 0.6) is 0 Å². The summed E-state index contributed by atoms with van der Waals surface area (Å²) in [4.78, 5) is 42.9. The molecule has 0 aliphatic rings. The first-order valence-electron chi connectivity index (χ1n) is 8.51. The van der Waals surface area contributed by atoms with Crippen molar-refractivity contribution in [2.45, 2.75) is 53.5 Å². The Morgan fingerprint density at radius 1 is 1.12 bits per heavy atom. The van der Waals surface area contributed by atoms with Crippen molar-refractivity contribution >= 4 is 34.5 Å². The van der Waals surface area contributed by atoms with E-state index in [2.05, 4.69) is 15.4 Å². The average Bonchev–Trinajstić information content (AvgIpc) is 2.69. The number of ether oxygens (including phenoxy) is 1. The molecule has 9 heteroatoms. The van der Waals surface area contributed by atoms with Gasteiger partial charge in [-0.15, -0.1) is 0 Å². The fraction of sp³-hybridized carbons (Fsp3) is 0.765. The third-order valence-electron chi connectivity index (χ3n) is 2.40. The molecule has 1 atom stereocenters. The molecule has 0 saturated heterocycles. The number of hydrogen-bond acceptors (Lipinski definition) is 8. The van der Waals surface area contributed by atoms with Gasteiger partial charge < -0.3 is 20.5 Å². The Morgan fingerprint density at radius 3 is 1.88 bits per heavy atom. The van der Waals surface area contributed by atoms with Gasteiger partial charge in [0.05, 0.1) is 19.7 Å². The summed E-state index contributed by atoms with van der Waals surface area (Å²) in [5.41, 5.74) is 0. The monoisotopic (exact) mass is 396 g/mol. The number of likely N-dealkylation sites (N-methyl/N-ethyl adjacent to an activating group) is 1. The van der Waals surface area contributed by atoms with Crippen LogP contribution >= 0.6 is 11.8 Å². The van der Waals surface area contributed by atoms with Crippen LogP contribution in [0.15, 0.2) is 0 Å². The van der Waals surface area contributed by atoms with Crippen LogP contribution in [0.25, 0.3) is 0 Å². The molecule has 0 aromatic heterocycles. The van der Waals surface area contributed by atoms with Gasteiger partial charge in [0.15, 0.2) is 0 Å². The molecule has 1 amide bonds. The van der Waals surface area contributed by atoms with Gasteiger partial charge in [0.25, 0.3) is 0 Å². The largest absolute Gasteiger partial charge is 0.469 e. The molecule has 0 aliphatic heterocycles. The zero-order valence-electron chi connectivity index (χ0n) is 17.3. The number of carbonyl (C=O) groups excluding carboxylic acids is 4. The number of carbonyl (C=O) groups is 4. The maximum Gasteiger partial charge on any atom is 0.305 e. The molecule has 0 heterocycles. The molecule has 0 saturated carbocycles. The zero-order valence-corrected chi connectivity index (χ0v) is 18.1. The van der Waals surface area contributed by atoms with Gasteiger partial charge in [0.1, 0.15) is 12.4 Å². The standard InChI is InChI=1S/C10H18N2O4.C3H6O2S.2C2H6/c1-7(13)6-12-10(15)8(11-2)4-5-9(14)16-3;1-6-3(5)2-4;2*1-2/h8,11H,4-6H2,1-3H3,(H,12,15);4H,2H2,1H3;2*1-2H3. The lowest BCUT2D eigenvalue weighted by molar-refractivity contribution is -0.141. The fourth-order valence-corrected chi connectivity index (χ4v) is 1.30. The summed E-state index contributed by atoms with van der Waals surface area (Å²) < 4.78 is 4.47. The van der Waals surface area contributed by atoms with Crippen molar-refractivity contribution in [2.24, 2.45) is 0 Å². The van der Waals surface area contributed by atoms with Crippen LogP contribution in [0, 0.1) is 0 Å². The van der Waals surface area contributed by atoms with Gasteiger partial charge in [0, 0.05) is 6.42 Å².